The lowest BCUT2D eigenvalue weighted by atomic mass is 10.0. The molecule has 0 saturated heterocycles. The number of nitriles is 1. The number of benzene rings is 3. The van der Waals surface area contributed by atoms with Crippen LogP contribution in [0.15, 0.2) is 66.7 Å². The predicted molar refractivity (Wildman–Crippen MR) is 122 cm³/mol. The minimum Gasteiger partial charge on any atom is -0.493 e. The highest BCUT2D eigenvalue weighted by Gasteiger charge is 2.26. The number of rotatable bonds is 9. The van der Waals surface area contributed by atoms with Gasteiger partial charge in [-0.1, -0.05) is 30.3 Å². The van der Waals surface area contributed by atoms with E-state index in [9.17, 15) is 14.7 Å². The lowest BCUT2D eigenvalue weighted by Crippen LogP contribution is -2.33. The van der Waals surface area contributed by atoms with E-state index in [1.807, 2.05) is 36.4 Å². The maximum absolute atomic E-state index is 13.2. The quantitative estimate of drug-likeness (QED) is 0.459. The van der Waals surface area contributed by atoms with Gasteiger partial charge in [0.05, 0.1) is 25.9 Å². The first-order valence-corrected chi connectivity index (χ1v) is 10.0. The van der Waals surface area contributed by atoms with Crippen LogP contribution in [0.25, 0.3) is 0 Å². The first kappa shape index (κ1) is 23.2. The van der Waals surface area contributed by atoms with Crippen LogP contribution in [-0.4, -0.2) is 31.2 Å². The van der Waals surface area contributed by atoms with E-state index in [0.29, 0.717) is 23.4 Å². The lowest BCUT2D eigenvalue weighted by molar-refractivity contribution is -0.122. The Morgan fingerprint density at radius 1 is 1.03 bits per heavy atom. The maximum Gasteiger partial charge on any atom is 0.339 e. The van der Waals surface area contributed by atoms with E-state index in [1.165, 1.54) is 20.3 Å². The fraction of sp³-hybridized carbons (Fsp3) is 0.160. The Kier molecular flexibility index (Phi) is 7.50. The minimum absolute atomic E-state index is 0.0653. The number of anilines is 1. The molecule has 0 aromatic heterocycles. The van der Waals surface area contributed by atoms with Gasteiger partial charge in [-0.15, -0.1) is 0 Å². The summed E-state index contributed by atoms with van der Waals surface area (Å²) in [5, 5.41) is 24.7. The summed E-state index contributed by atoms with van der Waals surface area (Å²) in [6.07, 6.45) is 0. The van der Waals surface area contributed by atoms with Crippen LogP contribution in [0.3, 0.4) is 0 Å². The number of hydrogen-bond acceptors (Lipinski definition) is 6. The van der Waals surface area contributed by atoms with Gasteiger partial charge in [0.25, 0.3) is 0 Å². The van der Waals surface area contributed by atoms with Crippen molar-refractivity contribution in [3.05, 3.63) is 89.0 Å². The first-order valence-electron chi connectivity index (χ1n) is 10.0. The number of hydrogen-bond donors (Lipinski definition) is 3. The number of carbonyl (C=O) groups is 2. The van der Waals surface area contributed by atoms with Crippen LogP contribution in [0, 0.1) is 11.3 Å². The molecule has 0 spiro atoms. The number of carboxylic acid groups (broad SMARTS) is 1. The number of aromatic carboxylic acids is 1. The van der Waals surface area contributed by atoms with Crippen LogP contribution in [0.2, 0.25) is 0 Å². The molecule has 1 unspecified atom stereocenters. The van der Waals surface area contributed by atoms with Crippen molar-refractivity contribution in [2.75, 3.05) is 19.5 Å². The van der Waals surface area contributed by atoms with E-state index in [0.717, 1.165) is 5.56 Å². The Labute approximate surface area is 191 Å². The van der Waals surface area contributed by atoms with Crippen molar-refractivity contribution in [3.63, 3.8) is 0 Å². The second-order valence-electron chi connectivity index (χ2n) is 7.08. The third-order valence-corrected chi connectivity index (χ3v) is 4.96. The van der Waals surface area contributed by atoms with Gasteiger partial charge in [0.15, 0.2) is 11.5 Å². The minimum atomic E-state index is -1.21. The van der Waals surface area contributed by atoms with Crippen LogP contribution in [0.4, 0.5) is 5.69 Å². The summed E-state index contributed by atoms with van der Waals surface area (Å²) >= 11 is 0. The third-order valence-electron chi connectivity index (χ3n) is 4.96. The van der Waals surface area contributed by atoms with Gasteiger partial charge in [-0.2, -0.15) is 5.26 Å². The fourth-order valence-corrected chi connectivity index (χ4v) is 3.31. The van der Waals surface area contributed by atoms with E-state index in [1.54, 1.807) is 30.3 Å². The zero-order valence-electron chi connectivity index (χ0n) is 18.2. The summed E-state index contributed by atoms with van der Waals surface area (Å²) in [5.74, 6) is -1.33. The second-order valence-corrected chi connectivity index (χ2v) is 7.08. The average Bonchev–Trinajstić information content (AvgIpc) is 2.85. The van der Waals surface area contributed by atoms with Crippen molar-refractivity contribution in [2.45, 2.75) is 12.6 Å². The highest BCUT2D eigenvalue weighted by Crippen LogP contribution is 2.35. The molecule has 1 amide bonds. The summed E-state index contributed by atoms with van der Waals surface area (Å²) in [7, 11) is 2.74. The lowest BCUT2D eigenvalue weighted by Gasteiger charge is -2.22. The molecule has 0 heterocycles. The van der Waals surface area contributed by atoms with Crippen LogP contribution < -0.4 is 20.1 Å². The number of carboxylic acids is 1. The van der Waals surface area contributed by atoms with Crippen LogP contribution in [-0.2, 0) is 11.3 Å². The van der Waals surface area contributed by atoms with E-state index in [4.69, 9.17) is 14.7 Å². The van der Waals surface area contributed by atoms with Gasteiger partial charge in [0, 0.05) is 12.2 Å². The zero-order chi connectivity index (χ0) is 23.8. The van der Waals surface area contributed by atoms with E-state index < -0.39 is 12.0 Å². The normalized spacial score (nSPS) is 11.1. The van der Waals surface area contributed by atoms with Gasteiger partial charge in [-0.3, -0.25) is 4.79 Å². The molecule has 3 aromatic rings. The van der Waals surface area contributed by atoms with Crippen LogP contribution >= 0.6 is 0 Å². The van der Waals surface area contributed by atoms with E-state index >= 15 is 0 Å². The first-order chi connectivity index (χ1) is 16.0. The molecule has 3 aromatic carbocycles. The molecule has 8 nitrogen and oxygen atoms in total. The van der Waals surface area contributed by atoms with Crippen molar-refractivity contribution in [3.8, 4) is 17.6 Å². The molecular weight excluding hydrogens is 422 g/mol. The fourth-order valence-electron chi connectivity index (χ4n) is 3.31. The smallest absolute Gasteiger partial charge is 0.339 e. The van der Waals surface area contributed by atoms with Gasteiger partial charge in [0.1, 0.15) is 11.6 Å². The number of methoxy groups -OCH3 is 2. The molecule has 0 bridgehead atoms. The number of amides is 1. The summed E-state index contributed by atoms with van der Waals surface area (Å²) in [4.78, 5) is 25.1. The van der Waals surface area contributed by atoms with Crippen molar-refractivity contribution in [1.82, 2.24) is 5.32 Å². The maximum atomic E-state index is 13.2. The van der Waals surface area contributed by atoms with Crippen molar-refractivity contribution >= 4 is 17.6 Å². The third kappa shape index (κ3) is 5.60. The summed E-state index contributed by atoms with van der Waals surface area (Å²) in [6, 6.07) is 20.1. The van der Waals surface area contributed by atoms with Crippen LogP contribution in [0.5, 0.6) is 11.5 Å². The number of ether oxygens (including phenoxy) is 2. The average molecular weight is 445 g/mol. The summed E-state index contributed by atoms with van der Waals surface area (Å²) < 4.78 is 10.5. The summed E-state index contributed by atoms with van der Waals surface area (Å²) in [6.45, 7) is 0.296. The Morgan fingerprint density at radius 3 is 2.30 bits per heavy atom. The molecule has 0 fully saturated rings. The van der Waals surface area contributed by atoms with E-state index in [-0.39, 0.29) is 23.0 Å². The molecule has 168 valence electrons. The Hall–Kier alpha value is -4.51. The topological polar surface area (TPSA) is 121 Å². The second kappa shape index (κ2) is 10.7. The zero-order valence-corrected chi connectivity index (χ0v) is 18.2. The number of carbonyl (C=O) groups excluding carboxylic acids is 1. The van der Waals surface area contributed by atoms with Gasteiger partial charge in [-0.25, -0.2) is 4.79 Å². The molecule has 0 radical (unpaired) electrons. The standard InChI is InChI=1S/C25H23N3O5/c1-32-21-13-18(12-20(25(30)31)23(21)33-2)22(28-19-10-8-16(14-26)9-11-19)24(29)27-15-17-6-4-3-5-7-17/h3-13,22,28H,15H2,1-2H3,(H,27,29)(H,30,31). The molecule has 1 atom stereocenters. The number of nitrogens with one attached hydrogen (secondary N) is 2. The van der Waals surface area contributed by atoms with Crippen LogP contribution in [0.1, 0.15) is 33.1 Å². The SMILES string of the molecule is COc1cc(C(Nc2ccc(C#N)cc2)C(=O)NCc2ccccc2)cc(C(=O)O)c1OC. The Balaban J connectivity index is 1.99. The molecule has 0 aliphatic rings. The molecular formula is C25H23N3O5. The van der Waals surface area contributed by atoms with Gasteiger partial charge < -0.3 is 25.2 Å². The van der Waals surface area contributed by atoms with Gasteiger partial charge in [0.2, 0.25) is 5.91 Å². The van der Waals surface area contributed by atoms with Crippen molar-refractivity contribution in [2.24, 2.45) is 0 Å². The van der Waals surface area contributed by atoms with Gasteiger partial charge in [-0.05, 0) is 47.5 Å². The monoisotopic (exact) mass is 445 g/mol. The van der Waals surface area contributed by atoms with Crippen molar-refractivity contribution < 1.29 is 24.2 Å². The molecule has 3 rings (SSSR count). The Bertz CT molecular complexity index is 1170. The highest BCUT2D eigenvalue weighted by molar-refractivity contribution is 5.94. The van der Waals surface area contributed by atoms with Gasteiger partial charge >= 0.3 is 5.97 Å². The molecule has 3 N–H and O–H groups in total. The summed E-state index contributed by atoms with van der Waals surface area (Å²) in [5.41, 5.74) is 2.22. The van der Waals surface area contributed by atoms with Crippen molar-refractivity contribution in [1.29, 1.82) is 5.26 Å². The molecule has 8 heteroatoms. The largest absolute Gasteiger partial charge is 0.493 e. The highest BCUT2D eigenvalue weighted by atomic mass is 16.5. The predicted octanol–water partition coefficient (Wildman–Crippen LogP) is 3.74. The molecule has 0 saturated carbocycles. The van der Waals surface area contributed by atoms with E-state index in [2.05, 4.69) is 10.6 Å². The molecule has 0 aliphatic carbocycles. The molecule has 0 aliphatic heterocycles. The molecule has 33 heavy (non-hydrogen) atoms. The Morgan fingerprint density at radius 2 is 1.73 bits per heavy atom. The number of nitrogens with zero attached hydrogens (tertiary/aromatic N) is 1.